The Morgan fingerprint density at radius 2 is 1.71 bits per heavy atom. The van der Waals surface area contributed by atoms with Gasteiger partial charge >= 0.3 is 11.9 Å². The molecule has 0 fully saturated rings. The lowest BCUT2D eigenvalue weighted by atomic mass is 10.1. The monoisotopic (exact) mass is 439 g/mol. The molecular weight excluding hydrogens is 422 g/mol. The molecule has 0 saturated carbocycles. The molecule has 3 rings (SSSR count). The van der Waals surface area contributed by atoms with Crippen molar-refractivity contribution in [3.05, 3.63) is 87.9 Å². The zero-order chi connectivity index (χ0) is 22.4. The Bertz CT molecular complexity index is 1140. The molecule has 2 N–H and O–H groups in total. The fraction of sp³-hybridized carbons (Fsp3) is 0.0870. The number of carboxylic acid groups (broad SMARTS) is 2. The van der Waals surface area contributed by atoms with Crippen molar-refractivity contribution in [2.45, 2.75) is 6.61 Å². The Kier molecular flexibility index (Phi) is 6.89. The smallest absolute Gasteiger partial charge is 0.337 e. The molecule has 0 aliphatic heterocycles. The van der Waals surface area contributed by atoms with Crippen LogP contribution in [0.2, 0.25) is 5.02 Å². The minimum atomic E-state index is -1.10. The number of rotatable bonds is 8. The van der Waals surface area contributed by atoms with Gasteiger partial charge in [0, 0.05) is 6.21 Å². The summed E-state index contributed by atoms with van der Waals surface area (Å²) in [4.78, 5) is 26.3. The van der Waals surface area contributed by atoms with Gasteiger partial charge in [-0.25, -0.2) is 9.59 Å². The zero-order valence-corrected chi connectivity index (χ0v) is 17.2. The first-order chi connectivity index (χ1) is 14.9. The Morgan fingerprint density at radius 3 is 2.32 bits per heavy atom. The average molecular weight is 440 g/mol. The fourth-order valence-electron chi connectivity index (χ4n) is 2.70. The van der Waals surface area contributed by atoms with Crippen LogP contribution in [0.1, 0.15) is 31.8 Å². The SMILES string of the molecule is COc1cc(C=Nc2ccc(C(=O)O)c(Cl)c2)ccc1OCc1ccc(C(=O)O)cc1. The van der Waals surface area contributed by atoms with Crippen LogP contribution in [0.15, 0.2) is 65.7 Å². The van der Waals surface area contributed by atoms with Gasteiger partial charge in [-0.05, 0) is 59.7 Å². The number of ether oxygens (including phenoxy) is 2. The van der Waals surface area contributed by atoms with Crippen molar-refractivity contribution in [2.24, 2.45) is 4.99 Å². The summed E-state index contributed by atoms with van der Waals surface area (Å²) >= 11 is 5.96. The van der Waals surface area contributed by atoms with E-state index in [-0.39, 0.29) is 22.8 Å². The second kappa shape index (κ2) is 9.77. The third kappa shape index (κ3) is 5.61. The minimum absolute atomic E-state index is 0.0152. The molecule has 0 atom stereocenters. The highest BCUT2D eigenvalue weighted by atomic mass is 35.5. The molecule has 31 heavy (non-hydrogen) atoms. The molecule has 0 heterocycles. The van der Waals surface area contributed by atoms with Gasteiger partial charge in [-0.3, -0.25) is 4.99 Å². The van der Waals surface area contributed by atoms with E-state index < -0.39 is 11.9 Å². The Labute approximate surface area is 183 Å². The summed E-state index contributed by atoms with van der Waals surface area (Å²) in [5, 5.41) is 18.1. The Morgan fingerprint density at radius 1 is 0.968 bits per heavy atom. The summed E-state index contributed by atoms with van der Waals surface area (Å²) < 4.78 is 11.2. The molecule has 8 heteroatoms. The highest BCUT2D eigenvalue weighted by Gasteiger charge is 2.09. The maximum absolute atomic E-state index is 11.0. The van der Waals surface area contributed by atoms with Crippen molar-refractivity contribution in [3.8, 4) is 11.5 Å². The van der Waals surface area contributed by atoms with Crippen LogP contribution in [0, 0.1) is 0 Å². The standard InChI is InChI=1S/C23H18ClNO6/c1-30-21-10-15(12-25-17-7-8-18(23(28)29)19(24)11-17)4-9-20(21)31-13-14-2-5-16(6-3-14)22(26)27/h2-12H,13H2,1H3,(H,26,27)(H,28,29). The van der Waals surface area contributed by atoms with Gasteiger partial charge < -0.3 is 19.7 Å². The van der Waals surface area contributed by atoms with E-state index in [2.05, 4.69) is 4.99 Å². The molecule has 0 radical (unpaired) electrons. The molecule has 0 spiro atoms. The third-order valence-corrected chi connectivity index (χ3v) is 4.64. The van der Waals surface area contributed by atoms with E-state index in [4.69, 9.17) is 31.3 Å². The van der Waals surface area contributed by atoms with Crippen molar-refractivity contribution in [3.63, 3.8) is 0 Å². The van der Waals surface area contributed by atoms with Crippen molar-refractivity contribution in [1.82, 2.24) is 0 Å². The van der Waals surface area contributed by atoms with Gasteiger partial charge in [0.15, 0.2) is 11.5 Å². The second-order valence-corrected chi connectivity index (χ2v) is 6.84. The Balaban J connectivity index is 1.70. The first-order valence-corrected chi connectivity index (χ1v) is 9.45. The molecule has 0 saturated heterocycles. The molecule has 158 valence electrons. The minimum Gasteiger partial charge on any atom is -0.493 e. The van der Waals surface area contributed by atoms with Gasteiger partial charge in [0.05, 0.1) is 28.9 Å². The summed E-state index contributed by atoms with van der Waals surface area (Å²) in [7, 11) is 1.52. The van der Waals surface area contributed by atoms with Gasteiger partial charge in [0.1, 0.15) is 6.61 Å². The van der Waals surface area contributed by atoms with Gasteiger partial charge in [-0.1, -0.05) is 23.7 Å². The average Bonchev–Trinajstić information content (AvgIpc) is 2.76. The topological polar surface area (TPSA) is 105 Å². The number of carboxylic acids is 2. The first kappa shape index (κ1) is 21.9. The number of benzene rings is 3. The van der Waals surface area contributed by atoms with Crippen LogP contribution in [-0.4, -0.2) is 35.5 Å². The maximum Gasteiger partial charge on any atom is 0.337 e. The number of hydrogen-bond donors (Lipinski definition) is 2. The van der Waals surface area contributed by atoms with Crippen LogP contribution in [0.25, 0.3) is 0 Å². The summed E-state index contributed by atoms with van der Waals surface area (Å²) in [5.41, 5.74) is 2.30. The van der Waals surface area contributed by atoms with E-state index in [9.17, 15) is 9.59 Å². The number of halogens is 1. The van der Waals surface area contributed by atoms with E-state index in [1.165, 1.54) is 31.4 Å². The fourth-order valence-corrected chi connectivity index (χ4v) is 2.95. The van der Waals surface area contributed by atoms with Crippen molar-refractivity contribution in [1.29, 1.82) is 0 Å². The van der Waals surface area contributed by atoms with Gasteiger partial charge in [0.25, 0.3) is 0 Å². The van der Waals surface area contributed by atoms with Crippen LogP contribution >= 0.6 is 11.6 Å². The van der Waals surface area contributed by atoms with E-state index in [0.717, 1.165) is 11.1 Å². The molecule has 0 aromatic heterocycles. The van der Waals surface area contributed by atoms with Crippen molar-refractivity contribution < 1.29 is 29.3 Å². The van der Waals surface area contributed by atoms with Gasteiger partial charge in [0.2, 0.25) is 0 Å². The van der Waals surface area contributed by atoms with Crippen molar-refractivity contribution in [2.75, 3.05) is 7.11 Å². The molecule has 3 aromatic rings. The highest BCUT2D eigenvalue weighted by molar-refractivity contribution is 6.33. The normalized spacial score (nSPS) is 10.8. The molecule has 3 aromatic carbocycles. The lowest BCUT2D eigenvalue weighted by Crippen LogP contribution is -2.00. The highest BCUT2D eigenvalue weighted by Crippen LogP contribution is 2.29. The third-order valence-electron chi connectivity index (χ3n) is 4.33. The zero-order valence-electron chi connectivity index (χ0n) is 16.4. The maximum atomic E-state index is 11.0. The quantitative estimate of drug-likeness (QED) is 0.474. The number of hydrogen-bond acceptors (Lipinski definition) is 5. The summed E-state index contributed by atoms with van der Waals surface area (Å²) in [5.74, 6) is -1.05. The summed E-state index contributed by atoms with van der Waals surface area (Å²) in [6, 6.07) is 16.2. The van der Waals surface area contributed by atoms with Gasteiger partial charge in [-0.15, -0.1) is 0 Å². The van der Waals surface area contributed by atoms with E-state index in [1.807, 2.05) is 0 Å². The van der Waals surface area contributed by atoms with Crippen molar-refractivity contribution >= 4 is 35.4 Å². The molecule has 0 aliphatic carbocycles. The number of nitrogens with zero attached hydrogens (tertiary/aromatic N) is 1. The number of aromatic carboxylic acids is 2. The predicted molar refractivity (Wildman–Crippen MR) is 116 cm³/mol. The number of carbonyl (C=O) groups is 2. The van der Waals surface area contributed by atoms with E-state index >= 15 is 0 Å². The van der Waals surface area contributed by atoms with E-state index in [0.29, 0.717) is 17.2 Å². The number of methoxy groups -OCH3 is 1. The lowest BCUT2D eigenvalue weighted by Gasteiger charge is -2.11. The molecule has 0 unspecified atom stereocenters. The second-order valence-electron chi connectivity index (χ2n) is 6.43. The molecule has 7 nitrogen and oxygen atoms in total. The predicted octanol–water partition coefficient (Wildman–Crippen LogP) is 5.07. The van der Waals surface area contributed by atoms with Gasteiger partial charge in [-0.2, -0.15) is 0 Å². The first-order valence-electron chi connectivity index (χ1n) is 9.07. The summed E-state index contributed by atoms with van der Waals surface area (Å²) in [6.45, 7) is 0.248. The molecule has 0 bridgehead atoms. The Hall–Kier alpha value is -3.84. The summed E-state index contributed by atoms with van der Waals surface area (Å²) in [6.07, 6.45) is 1.60. The van der Waals surface area contributed by atoms with Crippen LogP contribution < -0.4 is 9.47 Å². The largest absolute Gasteiger partial charge is 0.493 e. The molecular formula is C23H18ClNO6. The molecule has 0 aliphatic rings. The number of aliphatic imine (C=N–C) groups is 1. The van der Waals surface area contributed by atoms with E-state index in [1.54, 1.807) is 42.6 Å². The molecule has 0 amide bonds. The van der Waals surface area contributed by atoms with Crippen LogP contribution in [0.4, 0.5) is 5.69 Å². The van der Waals surface area contributed by atoms with Crippen LogP contribution in [0.5, 0.6) is 11.5 Å². The van der Waals surface area contributed by atoms with Crippen LogP contribution in [-0.2, 0) is 6.61 Å². The van der Waals surface area contributed by atoms with Crippen LogP contribution in [0.3, 0.4) is 0 Å². The lowest BCUT2D eigenvalue weighted by molar-refractivity contribution is 0.0686.